The van der Waals surface area contributed by atoms with E-state index in [9.17, 15) is 5.11 Å². The fourth-order valence-corrected chi connectivity index (χ4v) is 2.20. The van der Waals surface area contributed by atoms with Gasteiger partial charge in [0.25, 0.3) is 0 Å². The van der Waals surface area contributed by atoms with E-state index in [1.54, 1.807) is 23.2 Å². The van der Waals surface area contributed by atoms with Crippen LogP contribution in [0.1, 0.15) is 12.5 Å². The van der Waals surface area contributed by atoms with E-state index in [2.05, 4.69) is 10.1 Å². The third-order valence-electron chi connectivity index (χ3n) is 2.42. The highest BCUT2D eigenvalue weighted by atomic mass is 32.2. The Labute approximate surface area is 104 Å². The van der Waals surface area contributed by atoms with Crippen LogP contribution in [0.3, 0.4) is 0 Å². The summed E-state index contributed by atoms with van der Waals surface area (Å²) in [5, 5.41) is 14.3. The molecule has 0 unspecified atom stereocenters. The minimum Gasteiger partial charge on any atom is -0.489 e. The van der Waals surface area contributed by atoms with Crippen molar-refractivity contribution in [3.05, 3.63) is 18.1 Å². The van der Waals surface area contributed by atoms with Gasteiger partial charge in [0.05, 0.1) is 12.3 Å². The van der Waals surface area contributed by atoms with Gasteiger partial charge in [-0.1, -0.05) is 0 Å². The average Bonchev–Trinajstić information content (AvgIpc) is 2.64. The number of nitrogens with zero attached hydrogens (tertiary/aromatic N) is 3. The second-order valence-electron chi connectivity index (χ2n) is 3.84. The van der Waals surface area contributed by atoms with Crippen molar-refractivity contribution in [3.8, 4) is 5.75 Å². The van der Waals surface area contributed by atoms with Crippen LogP contribution in [0, 0.1) is 6.92 Å². The SMILES string of the molecule is CSc1ncnn2cc(OC[C@H](C)O)c(C)c12. The summed E-state index contributed by atoms with van der Waals surface area (Å²) in [6.45, 7) is 3.94. The third kappa shape index (κ3) is 2.37. The monoisotopic (exact) mass is 253 g/mol. The highest BCUT2D eigenvalue weighted by Crippen LogP contribution is 2.29. The summed E-state index contributed by atoms with van der Waals surface area (Å²) in [5.74, 6) is 0.738. The molecule has 2 aromatic heterocycles. The summed E-state index contributed by atoms with van der Waals surface area (Å²) in [4.78, 5) is 4.22. The molecule has 0 aliphatic rings. The molecule has 0 radical (unpaired) electrons. The minimum atomic E-state index is -0.483. The molecule has 0 aromatic carbocycles. The van der Waals surface area contributed by atoms with Gasteiger partial charge in [-0.3, -0.25) is 0 Å². The highest BCUT2D eigenvalue weighted by Gasteiger charge is 2.13. The van der Waals surface area contributed by atoms with Crippen molar-refractivity contribution >= 4 is 17.3 Å². The van der Waals surface area contributed by atoms with E-state index < -0.39 is 6.10 Å². The van der Waals surface area contributed by atoms with Crippen molar-refractivity contribution in [2.45, 2.75) is 25.0 Å². The molecule has 0 bridgehead atoms. The molecule has 2 heterocycles. The molecule has 0 aliphatic carbocycles. The van der Waals surface area contributed by atoms with E-state index >= 15 is 0 Å². The van der Waals surface area contributed by atoms with Crippen LogP contribution in [0.4, 0.5) is 0 Å². The lowest BCUT2D eigenvalue weighted by Crippen LogP contribution is -2.12. The number of aryl methyl sites for hydroxylation is 1. The first-order valence-electron chi connectivity index (χ1n) is 5.31. The standard InChI is InChI=1S/C11H15N3O2S/c1-7(15)5-16-9-4-14-10(8(9)2)11(17-3)12-6-13-14/h4,6-7,15H,5H2,1-3H3/t7-/m0/s1. The molecule has 0 amide bonds. The summed E-state index contributed by atoms with van der Waals surface area (Å²) in [6, 6.07) is 0. The van der Waals surface area contributed by atoms with Crippen molar-refractivity contribution in [3.63, 3.8) is 0 Å². The van der Waals surface area contributed by atoms with Gasteiger partial charge in [-0.05, 0) is 20.1 Å². The normalized spacial score (nSPS) is 12.9. The molecule has 5 nitrogen and oxygen atoms in total. The average molecular weight is 253 g/mol. The first kappa shape index (κ1) is 12.2. The molecule has 0 aliphatic heterocycles. The van der Waals surface area contributed by atoms with Gasteiger partial charge in [0.1, 0.15) is 29.2 Å². The Kier molecular flexibility index (Phi) is 3.54. The van der Waals surface area contributed by atoms with Gasteiger partial charge >= 0.3 is 0 Å². The first-order chi connectivity index (χ1) is 8.13. The number of hydrogen-bond acceptors (Lipinski definition) is 5. The fraction of sp³-hybridized carbons (Fsp3) is 0.455. The number of fused-ring (bicyclic) bond motifs is 1. The van der Waals surface area contributed by atoms with Crippen LogP contribution < -0.4 is 4.74 Å². The van der Waals surface area contributed by atoms with Crippen LogP contribution in [0.2, 0.25) is 0 Å². The number of thioether (sulfide) groups is 1. The lowest BCUT2D eigenvalue weighted by molar-refractivity contribution is 0.122. The predicted octanol–water partition coefficient (Wildman–Crippen LogP) is 1.52. The van der Waals surface area contributed by atoms with Crippen LogP contribution in [0.15, 0.2) is 17.6 Å². The molecule has 0 saturated heterocycles. The van der Waals surface area contributed by atoms with Crippen LogP contribution >= 0.6 is 11.8 Å². The van der Waals surface area contributed by atoms with E-state index in [0.717, 1.165) is 21.9 Å². The molecule has 6 heteroatoms. The highest BCUT2D eigenvalue weighted by molar-refractivity contribution is 7.98. The lowest BCUT2D eigenvalue weighted by atomic mass is 10.3. The number of aliphatic hydroxyl groups excluding tert-OH is 1. The molecule has 1 atom stereocenters. The summed E-state index contributed by atoms with van der Waals surface area (Å²) < 4.78 is 7.29. The molecule has 17 heavy (non-hydrogen) atoms. The zero-order chi connectivity index (χ0) is 12.4. The van der Waals surface area contributed by atoms with Crippen molar-refractivity contribution in [2.24, 2.45) is 0 Å². The fourth-order valence-electron chi connectivity index (χ4n) is 1.61. The Morgan fingerprint density at radius 1 is 1.59 bits per heavy atom. The second-order valence-corrected chi connectivity index (χ2v) is 4.64. The Morgan fingerprint density at radius 3 is 3.00 bits per heavy atom. The molecule has 92 valence electrons. The van der Waals surface area contributed by atoms with Crippen molar-refractivity contribution in [2.75, 3.05) is 12.9 Å². The summed E-state index contributed by atoms with van der Waals surface area (Å²) in [5.41, 5.74) is 1.95. The zero-order valence-electron chi connectivity index (χ0n) is 10.0. The molecule has 0 saturated carbocycles. The smallest absolute Gasteiger partial charge is 0.142 e. The van der Waals surface area contributed by atoms with Crippen molar-refractivity contribution in [1.82, 2.24) is 14.6 Å². The van der Waals surface area contributed by atoms with E-state index in [0.29, 0.717) is 0 Å². The number of aromatic nitrogens is 3. The molecule has 0 fully saturated rings. The number of ether oxygens (including phenoxy) is 1. The van der Waals surface area contributed by atoms with E-state index in [-0.39, 0.29) is 6.61 Å². The first-order valence-corrected chi connectivity index (χ1v) is 6.53. The minimum absolute atomic E-state index is 0.278. The largest absolute Gasteiger partial charge is 0.489 e. The number of hydrogen-bond donors (Lipinski definition) is 1. The maximum absolute atomic E-state index is 9.22. The van der Waals surface area contributed by atoms with Crippen LogP contribution in [-0.2, 0) is 0 Å². The van der Waals surface area contributed by atoms with Crippen molar-refractivity contribution in [1.29, 1.82) is 0 Å². The maximum atomic E-state index is 9.22. The van der Waals surface area contributed by atoms with Gasteiger partial charge in [0.2, 0.25) is 0 Å². The van der Waals surface area contributed by atoms with Crippen LogP contribution in [0.5, 0.6) is 5.75 Å². The second kappa shape index (κ2) is 4.93. The van der Waals surface area contributed by atoms with Gasteiger partial charge in [0.15, 0.2) is 0 Å². The van der Waals surface area contributed by atoms with Gasteiger partial charge in [0, 0.05) is 5.56 Å². The summed E-state index contributed by atoms with van der Waals surface area (Å²) in [7, 11) is 0. The quantitative estimate of drug-likeness (QED) is 0.837. The molecular formula is C11H15N3O2S. The Hall–Kier alpha value is -1.27. The number of rotatable bonds is 4. The van der Waals surface area contributed by atoms with Crippen LogP contribution in [0.25, 0.3) is 5.52 Å². The molecule has 1 N–H and O–H groups in total. The molecular weight excluding hydrogens is 238 g/mol. The molecule has 0 spiro atoms. The zero-order valence-corrected chi connectivity index (χ0v) is 10.9. The third-order valence-corrected chi connectivity index (χ3v) is 3.11. The predicted molar refractivity (Wildman–Crippen MR) is 66.7 cm³/mol. The summed E-state index contributed by atoms with van der Waals surface area (Å²) in [6.07, 6.45) is 4.83. The van der Waals surface area contributed by atoms with E-state index in [4.69, 9.17) is 4.74 Å². The van der Waals surface area contributed by atoms with E-state index in [1.165, 1.54) is 6.33 Å². The molecule has 2 aromatic rings. The van der Waals surface area contributed by atoms with Crippen molar-refractivity contribution < 1.29 is 9.84 Å². The Morgan fingerprint density at radius 2 is 2.35 bits per heavy atom. The van der Waals surface area contributed by atoms with Crippen LogP contribution in [-0.4, -0.2) is 38.7 Å². The summed E-state index contributed by atoms with van der Waals surface area (Å²) >= 11 is 1.57. The van der Waals surface area contributed by atoms with Gasteiger partial charge in [-0.2, -0.15) is 5.10 Å². The van der Waals surface area contributed by atoms with Gasteiger partial charge < -0.3 is 9.84 Å². The Bertz CT molecular complexity index is 525. The lowest BCUT2D eigenvalue weighted by Gasteiger charge is -2.06. The maximum Gasteiger partial charge on any atom is 0.142 e. The molecule has 2 rings (SSSR count). The topological polar surface area (TPSA) is 59.7 Å². The number of aliphatic hydroxyl groups is 1. The Balaban J connectivity index is 2.42. The van der Waals surface area contributed by atoms with Gasteiger partial charge in [-0.15, -0.1) is 11.8 Å². The van der Waals surface area contributed by atoms with Gasteiger partial charge in [-0.25, -0.2) is 9.50 Å². The van der Waals surface area contributed by atoms with E-state index in [1.807, 2.05) is 19.4 Å².